The maximum Gasteiger partial charge on any atom is 0.270 e. The zero-order chi connectivity index (χ0) is 20.2. The maximum atomic E-state index is 12.5. The van der Waals surface area contributed by atoms with Gasteiger partial charge in [-0.05, 0) is 18.2 Å². The Bertz CT molecular complexity index is 1160. The summed E-state index contributed by atoms with van der Waals surface area (Å²) in [5.74, 6) is 1.04. The summed E-state index contributed by atoms with van der Waals surface area (Å²) in [4.78, 5) is 9.44. The van der Waals surface area contributed by atoms with E-state index in [0.29, 0.717) is 34.3 Å². The Hall–Kier alpha value is -3.43. The molecule has 2 aromatic carbocycles. The van der Waals surface area contributed by atoms with Crippen molar-refractivity contribution in [2.75, 3.05) is 18.0 Å². The van der Waals surface area contributed by atoms with Gasteiger partial charge in [0.1, 0.15) is 0 Å². The molecule has 1 unspecified atom stereocenters. The van der Waals surface area contributed by atoms with Gasteiger partial charge in [-0.2, -0.15) is 0 Å². The molecule has 0 aliphatic rings. The normalized spacial score (nSPS) is 12.0. The van der Waals surface area contributed by atoms with E-state index in [2.05, 4.69) is 20.2 Å². The number of nitrogens with zero attached hydrogens (tertiary/aromatic N) is 4. The second-order valence-corrected chi connectivity index (χ2v) is 7.64. The van der Waals surface area contributed by atoms with Crippen LogP contribution in [-0.2, 0) is 10.8 Å². The molecule has 0 radical (unpaired) electrons. The smallest absolute Gasteiger partial charge is 0.270 e. The molecule has 0 aliphatic heterocycles. The lowest BCUT2D eigenvalue weighted by atomic mass is 10.1. The first kappa shape index (κ1) is 18.9. The lowest BCUT2D eigenvalue weighted by molar-refractivity contribution is 0.582. The van der Waals surface area contributed by atoms with E-state index in [-0.39, 0.29) is 17.4 Å². The Balaban J connectivity index is 1.75. The van der Waals surface area contributed by atoms with Crippen molar-refractivity contribution < 1.29 is 8.63 Å². The van der Waals surface area contributed by atoms with Gasteiger partial charge in [0.05, 0.1) is 22.7 Å². The third-order valence-electron chi connectivity index (χ3n) is 4.16. The minimum absolute atomic E-state index is 0.163. The molecule has 9 heteroatoms. The van der Waals surface area contributed by atoms with Crippen LogP contribution in [0, 0.1) is 0 Å². The van der Waals surface area contributed by atoms with Crippen molar-refractivity contribution in [3.63, 3.8) is 0 Å². The molecule has 4 N–H and O–H groups in total. The highest BCUT2D eigenvalue weighted by molar-refractivity contribution is 7.85. The van der Waals surface area contributed by atoms with Crippen LogP contribution in [0.1, 0.15) is 0 Å². The van der Waals surface area contributed by atoms with Gasteiger partial charge >= 0.3 is 0 Å². The lowest BCUT2D eigenvalue weighted by Gasteiger charge is -2.09. The number of nitrogens with two attached hydrogens (primary N) is 2. The van der Waals surface area contributed by atoms with Crippen molar-refractivity contribution >= 4 is 16.6 Å². The van der Waals surface area contributed by atoms with Crippen molar-refractivity contribution in [1.29, 1.82) is 0 Å². The second-order valence-electron chi connectivity index (χ2n) is 6.10. The molecule has 0 bridgehead atoms. The van der Waals surface area contributed by atoms with Crippen LogP contribution in [0.25, 0.3) is 34.3 Å². The molecule has 0 fully saturated rings. The Morgan fingerprint density at radius 1 is 0.966 bits per heavy atom. The maximum absolute atomic E-state index is 12.5. The first-order chi connectivity index (χ1) is 14.2. The van der Waals surface area contributed by atoms with Crippen LogP contribution in [-0.4, -0.2) is 36.7 Å². The number of hydrogen-bond acceptors (Lipinski definition) is 8. The Kier molecular flexibility index (Phi) is 5.41. The molecular formula is C20H18N6O2S. The molecule has 0 spiro atoms. The van der Waals surface area contributed by atoms with Gasteiger partial charge in [0.2, 0.25) is 5.89 Å². The summed E-state index contributed by atoms with van der Waals surface area (Å²) in [6.07, 6.45) is 1.53. The van der Waals surface area contributed by atoms with Gasteiger partial charge in [-0.15, -0.1) is 10.2 Å². The molecule has 2 heterocycles. The average molecular weight is 406 g/mol. The topological polar surface area (TPSA) is 134 Å². The highest BCUT2D eigenvalue weighted by atomic mass is 32.2. The third kappa shape index (κ3) is 3.91. The van der Waals surface area contributed by atoms with Gasteiger partial charge in [-0.1, -0.05) is 36.4 Å². The number of anilines is 1. The van der Waals surface area contributed by atoms with Crippen molar-refractivity contribution in [2.24, 2.45) is 5.73 Å². The van der Waals surface area contributed by atoms with Gasteiger partial charge in [0.25, 0.3) is 5.89 Å². The van der Waals surface area contributed by atoms with Gasteiger partial charge in [-0.3, -0.25) is 4.21 Å². The predicted octanol–water partition coefficient (Wildman–Crippen LogP) is 2.51. The van der Waals surface area contributed by atoms with Crippen molar-refractivity contribution in [3.8, 4) is 34.3 Å². The van der Waals surface area contributed by atoms with E-state index in [4.69, 9.17) is 15.9 Å². The summed E-state index contributed by atoms with van der Waals surface area (Å²) in [7, 11) is -1.25. The zero-order valence-corrected chi connectivity index (χ0v) is 16.2. The number of aromatic nitrogens is 4. The average Bonchev–Trinajstić information content (AvgIpc) is 3.25. The van der Waals surface area contributed by atoms with Crippen LogP contribution < -0.4 is 11.5 Å². The van der Waals surface area contributed by atoms with Crippen LogP contribution in [0.15, 0.2) is 70.1 Å². The fraction of sp³-hybridized carbons (Fsp3) is 0.100. The quantitative estimate of drug-likeness (QED) is 0.499. The fourth-order valence-corrected chi connectivity index (χ4v) is 3.88. The molecule has 1 atom stereocenters. The summed E-state index contributed by atoms with van der Waals surface area (Å²) in [5, 5.41) is 8.14. The van der Waals surface area contributed by atoms with Gasteiger partial charge < -0.3 is 15.9 Å². The fourth-order valence-electron chi connectivity index (χ4n) is 2.80. The molecule has 2 aromatic heterocycles. The number of nitrogen functional groups attached to an aromatic ring is 1. The molecule has 4 rings (SSSR count). The van der Waals surface area contributed by atoms with Crippen LogP contribution in [0.3, 0.4) is 0 Å². The van der Waals surface area contributed by atoms with Gasteiger partial charge in [0, 0.05) is 28.3 Å². The van der Waals surface area contributed by atoms with Crippen molar-refractivity contribution in [3.05, 3.63) is 60.8 Å². The van der Waals surface area contributed by atoms with E-state index >= 15 is 0 Å². The van der Waals surface area contributed by atoms with Crippen LogP contribution in [0.5, 0.6) is 0 Å². The zero-order valence-electron chi connectivity index (χ0n) is 15.4. The highest BCUT2D eigenvalue weighted by Crippen LogP contribution is 2.30. The standard InChI is InChI=1S/C20H18N6O2S/c21-10-11-29(27)16-9-5-4-8-14(16)15-12-23-18(22)17(24-15)20-26-25-19(28-20)13-6-2-1-3-7-13/h1-9,12H,10-11,21H2,(H2,22,23). The largest absolute Gasteiger partial charge is 0.414 e. The van der Waals surface area contributed by atoms with Crippen LogP contribution in [0.2, 0.25) is 0 Å². The monoisotopic (exact) mass is 406 g/mol. The molecule has 29 heavy (non-hydrogen) atoms. The van der Waals surface area contributed by atoms with E-state index in [1.54, 1.807) is 6.07 Å². The first-order valence-electron chi connectivity index (χ1n) is 8.87. The molecule has 0 aliphatic carbocycles. The number of rotatable bonds is 6. The number of hydrogen-bond donors (Lipinski definition) is 2. The summed E-state index contributed by atoms with van der Waals surface area (Å²) in [6.45, 7) is 0.323. The minimum Gasteiger partial charge on any atom is -0.414 e. The Labute approximate surface area is 169 Å². The van der Waals surface area contributed by atoms with Gasteiger partial charge in [-0.25, -0.2) is 9.97 Å². The highest BCUT2D eigenvalue weighted by Gasteiger charge is 2.18. The van der Waals surface area contributed by atoms with E-state index in [9.17, 15) is 4.21 Å². The third-order valence-corrected chi connectivity index (χ3v) is 5.61. The van der Waals surface area contributed by atoms with Crippen molar-refractivity contribution in [1.82, 2.24) is 20.2 Å². The molecule has 146 valence electrons. The van der Waals surface area contributed by atoms with E-state index in [0.717, 1.165) is 5.56 Å². The predicted molar refractivity (Wildman–Crippen MR) is 111 cm³/mol. The summed E-state index contributed by atoms with van der Waals surface area (Å²) >= 11 is 0. The first-order valence-corrected chi connectivity index (χ1v) is 10.2. The summed E-state index contributed by atoms with van der Waals surface area (Å²) in [6, 6.07) is 16.7. The van der Waals surface area contributed by atoms with Crippen molar-refractivity contribution in [2.45, 2.75) is 4.90 Å². The molecule has 0 saturated carbocycles. The molecule has 8 nitrogen and oxygen atoms in total. The molecule has 0 amide bonds. The van der Waals surface area contributed by atoms with E-state index in [1.807, 2.05) is 48.5 Å². The lowest BCUT2D eigenvalue weighted by Crippen LogP contribution is -2.11. The SMILES string of the molecule is NCCS(=O)c1ccccc1-c1cnc(N)c(-c2nnc(-c3ccccc3)o2)n1. The second kappa shape index (κ2) is 8.29. The molecule has 4 aromatic rings. The van der Waals surface area contributed by atoms with Crippen LogP contribution in [0.4, 0.5) is 5.82 Å². The van der Waals surface area contributed by atoms with Crippen LogP contribution >= 0.6 is 0 Å². The summed E-state index contributed by atoms with van der Waals surface area (Å²) in [5.41, 5.74) is 13.8. The van der Waals surface area contributed by atoms with Gasteiger partial charge in [0.15, 0.2) is 11.5 Å². The minimum atomic E-state index is -1.25. The Morgan fingerprint density at radius 3 is 2.48 bits per heavy atom. The molecular weight excluding hydrogens is 388 g/mol. The van der Waals surface area contributed by atoms with E-state index < -0.39 is 10.8 Å². The molecule has 0 saturated heterocycles. The number of benzene rings is 2. The van der Waals surface area contributed by atoms with E-state index in [1.165, 1.54) is 6.20 Å². The Morgan fingerprint density at radius 2 is 1.69 bits per heavy atom. The summed E-state index contributed by atoms with van der Waals surface area (Å²) < 4.78 is 18.3.